The van der Waals surface area contributed by atoms with Crippen LogP contribution in [0.5, 0.6) is 0 Å². The topological polar surface area (TPSA) is 29.5 Å². The van der Waals surface area contributed by atoms with Gasteiger partial charge in [0.2, 0.25) is 0 Å². The Hall–Kier alpha value is -1.09. The van der Waals surface area contributed by atoms with E-state index in [2.05, 4.69) is 19.0 Å². The number of ether oxygens (including phenoxy) is 1. The van der Waals surface area contributed by atoms with Crippen LogP contribution in [0.3, 0.4) is 0 Å². The zero-order valence-electron chi connectivity index (χ0n) is 11.3. The molecule has 0 aliphatic rings. The summed E-state index contributed by atoms with van der Waals surface area (Å²) < 4.78 is 5.05. The lowest BCUT2D eigenvalue weighted by Crippen LogP contribution is -2.12. The molecule has 0 fully saturated rings. The second kappa shape index (κ2) is 11.4. The van der Waals surface area contributed by atoms with Crippen molar-refractivity contribution in [3.8, 4) is 0 Å². The van der Waals surface area contributed by atoms with Crippen LogP contribution in [0.15, 0.2) is 24.3 Å². The van der Waals surface area contributed by atoms with Gasteiger partial charge in [0.25, 0.3) is 0 Å². The summed E-state index contributed by atoms with van der Waals surface area (Å²) in [5.41, 5.74) is 0. The van der Waals surface area contributed by atoms with Gasteiger partial charge in [0.05, 0.1) is 6.61 Å². The van der Waals surface area contributed by atoms with Gasteiger partial charge in [-0.25, -0.2) is 4.79 Å². The molecule has 0 amide bonds. The molecule has 0 rings (SSSR count). The normalized spacial score (nSPS) is 11.8. The standard InChI is InChI=1S/C14H25NO2/c1-4-5-8-11-14(16)17-13-10-7-6-9-12-15(2)3/h4-5,8,11H,6-7,9-10,12-13H2,1-3H3/b5-4+,11-8+. The van der Waals surface area contributed by atoms with Crippen LogP contribution < -0.4 is 0 Å². The lowest BCUT2D eigenvalue weighted by molar-refractivity contribution is -0.137. The largest absolute Gasteiger partial charge is 0.463 e. The lowest BCUT2D eigenvalue weighted by atomic mass is 10.2. The molecule has 0 aliphatic carbocycles. The molecule has 3 heteroatoms. The van der Waals surface area contributed by atoms with Crippen LogP contribution in [-0.2, 0) is 9.53 Å². The Morgan fingerprint density at radius 2 is 1.82 bits per heavy atom. The fourth-order valence-corrected chi connectivity index (χ4v) is 1.35. The van der Waals surface area contributed by atoms with Crippen LogP contribution in [0.1, 0.15) is 32.6 Å². The third-order valence-corrected chi connectivity index (χ3v) is 2.28. The maximum Gasteiger partial charge on any atom is 0.330 e. The predicted octanol–water partition coefficient (Wildman–Crippen LogP) is 2.78. The van der Waals surface area contributed by atoms with Crippen molar-refractivity contribution in [3.63, 3.8) is 0 Å². The molecule has 0 saturated carbocycles. The van der Waals surface area contributed by atoms with Crippen LogP contribution in [-0.4, -0.2) is 38.1 Å². The first-order valence-electron chi connectivity index (χ1n) is 6.27. The number of carbonyl (C=O) groups excluding carboxylic acids is 1. The van der Waals surface area contributed by atoms with Crippen LogP contribution >= 0.6 is 0 Å². The number of carbonyl (C=O) groups is 1. The molecule has 98 valence electrons. The molecule has 0 N–H and O–H groups in total. The quantitative estimate of drug-likeness (QED) is 0.268. The lowest BCUT2D eigenvalue weighted by Gasteiger charge is -2.08. The SMILES string of the molecule is C/C=C/C=C/C(=O)OCCCCCCN(C)C. The Kier molecular flexibility index (Phi) is 10.7. The molecule has 0 aliphatic heterocycles. The zero-order valence-corrected chi connectivity index (χ0v) is 11.3. The minimum Gasteiger partial charge on any atom is -0.463 e. The smallest absolute Gasteiger partial charge is 0.330 e. The second-order valence-corrected chi connectivity index (χ2v) is 4.27. The Bertz CT molecular complexity index is 245. The highest BCUT2D eigenvalue weighted by atomic mass is 16.5. The summed E-state index contributed by atoms with van der Waals surface area (Å²) in [4.78, 5) is 13.3. The van der Waals surface area contributed by atoms with Gasteiger partial charge >= 0.3 is 5.97 Å². The third-order valence-electron chi connectivity index (χ3n) is 2.28. The van der Waals surface area contributed by atoms with Gasteiger partial charge in [0.1, 0.15) is 0 Å². The molecule has 0 aromatic carbocycles. The molecule has 3 nitrogen and oxygen atoms in total. The third kappa shape index (κ3) is 12.8. The molecular formula is C14H25NO2. The minimum absolute atomic E-state index is 0.253. The van der Waals surface area contributed by atoms with Crippen molar-refractivity contribution in [2.45, 2.75) is 32.6 Å². The van der Waals surface area contributed by atoms with Crippen LogP contribution in [0, 0.1) is 0 Å². The Labute approximate surface area is 105 Å². The molecule has 0 bridgehead atoms. The minimum atomic E-state index is -0.253. The van der Waals surface area contributed by atoms with Crippen molar-refractivity contribution in [1.82, 2.24) is 4.90 Å². The number of rotatable bonds is 9. The Morgan fingerprint density at radius 1 is 1.12 bits per heavy atom. The van der Waals surface area contributed by atoms with Crippen LogP contribution in [0.25, 0.3) is 0 Å². The van der Waals surface area contributed by atoms with Gasteiger partial charge in [-0.3, -0.25) is 0 Å². The summed E-state index contributed by atoms with van der Waals surface area (Å²) in [5, 5.41) is 0. The predicted molar refractivity (Wildman–Crippen MR) is 71.9 cm³/mol. The number of nitrogens with zero attached hydrogens (tertiary/aromatic N) is 1. The molecule has 0 unspecified atom stereocenters. The van der Waals surface area contributed by atoms with Crippen molar-refractivity contribution >= 4 is 5.97 Å². The molecule has 0 spiro atoms. The fraction of sp³-hybridized carbons (Fsp3) is 0.643. The summed E-state index contributed by atoms with van der Waals surface area (Å²) in [5.74, 6) is -0.253. The van der Waals surface area contributed by atoms with Gasteiger partial charge < -0.3 is 9.64 Å². The average Bonchev–Trinajstić information content (AvgIpc) is 2.28. The maximum absolute atomic E-state index is 11.1. The van der Waals surface area contributed by atoms with E-state index in [9.17, 15) is 4.79 Å². The summed E-state index contributed by atoms with van der Waals surface area (Å²) >= 11 is 0. The van der Waals surface area contributed by atoms with Gasteiger partial charge in [-0.2, -0.15) is 0 Å². The van der Waals surface area contributed by atoms with E-state index in [0.717, 1.165) is 19.4 Å². The number of allylic oxidation sites excluding steroid dienone is 3. The first kappa shape index (κ1) is 15.9. The van der Waals surface area contributed by atoms with Crippen LogP contribution in [0.2, 0.25) is 0 Å². The molecule has 0 heterocycles. The molecule has 17 heavy (non-hydrogen) atoms. The number of hydrogen-bond donors (Lipinski definition) is 0. The van der Waals surface area contributed by atoms with E-state index >= 15 is 0 Å². The molecule has 0 atom stereocenters. The summed E-state index contributed by atoms with van der Waals surface area (Å²) in [6.07, 6.45) is 11.3. The molecule has 0 aromatic heterocycles. The Morgan fingerprint density at radius 3 is 2.47 bits per heavy atom. The van der Waals surface area contributed by atoms with E-state index < -0.39 is 0 Å². The van der Waals surface area contributed by atoms with Crippen molar-refractivity contribution < 1.29 is 9.53 Å². The summed E-state index contributed by atoms with van der Waals surface area (Å²) in [7, 11) is 4.16. The van der Waals surface area contributed by atoms with E-state index in [4.69, 9.17) is 4.74 Å². The van der Waals surface area contributed by atoms with E-state index in [1.54, 1.807) is 6.08 Å². The number of hydrogen-bond acceptors (Lipinski definition) is 3. The molecule has 0 saturated heterocycles. The van der Waals surface area contributed by atoms with Crippen molar-refractivity contribution in [2.24, 2.45) is 0 Å². The van der Waals surface area contributed by atoms with E-state index in [1.807, 2.05) is 19.1 Å². The fourth-order valence-electron chi connectivity index (χ4n) is 1.35. The highest BCUT2D eigenvalue weighted by molar-refractivity contribution is 5.82. The summed E-state index contributed by atoms with van der Waals surface area (Å²) in [6.45, 7) is 3.57. The highest BCUT2D eigenvalue weighted by Crippen LogP contribution is 2.01. The number of esters is 1. The van der Waals surface area contributed by atoms with Crippen molar-refractivity contribution in [3.05, 3.63) is 24.3 Å². The van der Waals surface area contributed by atoms with Gasteiger partial charge in [0.15, 0.2) is 0 Å². The van der Waals surface area contributed by atoms with E-state index in [1.165, 1.54) is 18.9 Å². The first-order valence-corrected chi connectivity index (χ1v) is 6.27. The molecule has 0 radical (unpaired) electrons. The van der Waals surface area contributed by atoms with Gasteiger partial charge in [-0.05, 0) is 40.4 Å². The zero-order chi connectivity index (χ0) is 12.9. The van der Waals surface area contributed by atoms with Gasteiger partial charge in [-0.1, -0.05) is 31.1 Å². The van der Waals surface area contributed by atoms with E-state index in [0.29, 0.717) is 6.61 Å². The molecule has 0 aromatic rings. The second-order valence-electron chi connectivity index (χ2n) is 4.27. The highest BCUT2D eigenvalue weighted by Gasteiger charge is 1.96. The number of unbranched alkanes of at least 4 members (excludes halogenated alkanes) is 3. The van der Waals surface area contributed by atoms with Gasteiger partial charge in [-0.15, -0.1) is 0 Å². The maximum atomic E-state index is 11.1. The first-order chi connectivity index (χ1) is 8.16. The van der Waals surface area contributed by atoms with Crippen LogP contribution in [0.4, 0.5) is 0 Å². The van der Waals surface area contributed by atoms with E-state index in [-0.39, 0.29) is 5.97 Å². The average molecular weight is 239 g/mol. The van der Waals surface area contributed by atoms with Crippen molar-refractivity contribution in [2.75, 3.05) is 27.2 Å². The summed E-state index contributed by atoms with van der Waals surface area (Å²) in [6, 6.07) is 0. The monoisotopic (exact) mass is 239 g/mol. The molecular weight excluding hydrogens is 214 g/mol. The van der Waals surface area contributed by atoms with Crippen molar-refractivity contribution in [1.29, 1.82) is 0 Å². The van der Waals surface area contributed by atoms with Gasteiger partial charge in [0, 0.05) is 6.08 Å². The Balaban J connectivity index is 3.30.